The van der Waals surface area contributed by atoms with Gasteiger partial charge >= 0.3 is 5.69 Å². The molecule has 2 aromatic carbocycles. The van der Waals surface area contributed by atoms with Crippen molar-refractivity contribution in [2.45, 2.75) is 20.8 Å². The van der Waals surface area contributed by atoms with Crippen molar-refractivity contribution in [1.82, 2.24) is 0 Å². The Morgan fingerprint density at radius 3 is 2.61 bits per heavy atom. The standard InChI is InChI=1S/C17H18N2O4/c1-4-23-16-8-7-13(10-15(16)19(21)22)17(20)18-14-9-11(2)5-6-12(14)3/h5-10H,4H2,1-3H3,(H,18,20). The monoisotopic (exact) mass is 314 g/mol. The second-order valence-corrected chi connectivity index (χ2v) is 5.15. The predicted octanol–water partition coefficient (Wildman–Crippen LogP) is 3.86. The van der Waals surface area contributed by atoms with Gasteiger partial charge in [0.25, 0.3) is 5.91 Å². The fourth-order valence-corrected chi connectivity index (χ4v) is 2.14. The van der Waals surface area contributed by atoms with E-state index in [1.54, 1.807) is 6.92 Å². The van der Waals surface area contributed by atoms with Gasteiger partial charge in [-0.05, 0) is 50.1 Å². The van der Waals surface area contributed by atoms with Crippen LogP contribution >= 0.6 is 0 Å². The summed E-state index contributed by atoms with van der Waals surface area (Å²) in [6, 6.07) is 9.90. The molecule has 6 heteroatoms. The number of aryl methyl sites for hydroxylation is 2. The molecule has 0 bridgehead atoms. The molecular formula is C17H18N2O4. The van der Waals surface area contributed by atoms with Gasteiger partial charge in [-0.15, -0.1) is 0 Å². The number of rotatable bonds is 5. The number of nitrogens with zero attached hydrogens (tertiary/aromatic N) is 1. The summed E-state index contributed by atoms with van der Waals surface area (Å²) in [5.41, 5.74) is 2.61. The molecule has 1 amide bonds. The van der Waals surface area contributed by atoms with Crippen molar-refractivity contribution in [1.29, 1.82) is 0 Å². The van der Waals surface area contributed by atoms with E-state index in [2.05, 4.69) is 5.32 Å². The molecule has 23 heavy (non-hydrogen) atoms. The zero-order valence-electron chi connectivity index (χ0n) is 13.3. The average Bonchev–Trinajstić information content (AvgIpc) is 2.51. The molecule has 6 nitrogen and oxygen atoms in total. The molecule has 0 radical (unpaired) electrons. The molecule has 0 heterocycles. The van der Waals surface area contributed by atoms with E-state index in [9.17, 15) is 14.9 Å². The maximum atomic E-state index is 12.3. The third-order valence-corrected chi connectivity index (χ3v) is 3.36. The third kappa shape index (κ3) is 3.85. The number of anilines is 1. The maximum Gasteiger partial charge on any atom is 0.311 e. The maximum absolute atomic E-state index is 12.3. The van der Waals surface area contributed by atoms with Crippen LogP contribution in [0.1, 0.15) is 28.4 Å². The SMILES string of the molecule is CCOc1ccc(C(=O)Nc2cc(C)ccc2C)cc1[N+](=O)[O-]. The van der Waals surface area contributed by atoms with Gasteiger partial charge < -0.3 is 10.1 Å². The number of nitro groups is 1. The van der Waals surface area contributed by atoms with Crippen LogP contribution in [0.5, 0.6) is 5.75 Å². The highest BCUT2D eigenvalue weighted by Crippen LogP contribution is 2.28. The Balaban J connectivity index is 2.30. The van der Waals surface area contributed by atoms with Crippen molar-refractivity contribution in [3.8, 4) is 5.75 Å². The summed E-state index contributed by atoms with van der Waals surface area (Å²) in [5.74, 6) is -0.245. The van der Waals surface area contributed by atoms with Crippen LogP contribution in [0.15, 0.2) is 36.4 Å². The number of ether oxygens (including phenoxy) is 1. The smallest absolute Gasteiger partial charge is 0.311 e. The molecule has 0 atom stereocenters. The quantitative estimate of drug-likeness (QED) is 0.671. The van der Waals surface area contributed by atoms with E-state index in [0.717, 1.165) is 11.1 Å². The van der Waals surface area contributed by atoms with Gasteiger partial charge in [0.2, 0.25) is 0 Å². The first-order valence-electron chi connectivity index (χ1n) is 7.22. The number of carbonyl (C=O) groups excluding carboxylic acids is 1. The Labute approximate surface area is 134 Å². The summed E-state index contributed by atoms with van der Waals surface area (Å²) in [5, 5.41) is 13.9. The molecule has 2 rings (SSSR count). The lowest BCUT2D eigenvalue weighted by Gasteiger charge is -2.10. The van der Waals surface area contributed by atoms with Crippen LogP contribution in [0, 0.1) is 24.0 Å². The van der Waals surface area contributed by atoms with Crippen molar-refractivity contribution < 1.29 is 14.5 Å². The van der Waals surface area contributed by atoms with E-state index in [1.165, 1.54) is 18.2 Å². The number of hydrogen-bond acceptors (Lipinski definition) is 4. The molecule has 0 fully saturated rings. The molecule has 0 saturated carbocycles. The van der Waals surface area contributed by atoms with Crippen LogP contribution in [0.2, 0.25) is 0 Å². The number of nitrogens with one attached hydrogen (secondary N) is 1. The fourth-order valence-electron chi connectivity index (χ4n) is 2.14. The fraction of sp³-hybridized carbons (Fsp3) is 0.235. The Morgan fingerprint density at radius 1 is 1.22 bits per heavy atom. The van der Waals surface area contributed by atoms with Crippen LogP contribution in [0.4, 0.5) is 11.4 Å². The third-order valence-electron chi connectivity index (χ3n) is 3.36. The van der Waals surface area contributed by atoms with Crippen molar-refractivity contribution >= 4 is 17.3 Å². The molecule has 2 aromatic rings. The highest BCUT2D eigenvalue weighted by atomic mass is 16.6. The normalized spacial score (nSPS) is 10.2. The second kappa shape index (κ2) is 6.91. The van der Waals surface area contributed by atoms with Gasteiger partial charge in [0.15, 0.2) is 5.75 Å². The summed E-state index contributed by atoms with van der Waals surface area (Å²) in [6.07, 6.45) is 0. The number of hydrogen-bond donors (Lipinski definition) is 1. The number of benzene rings is 2. The second-order valence-electron chi connectivity index (χ2n) is 5.15. The minimum Gasteiger partial charge on any atom is -0.487 e. The van der Waals surface area contributed by atoms with Crippen LogP contribution in [-0.2, 0) is 0 Å². The van der Waals surface area contributed by atoms with E-state index in [-0.39, 0.29) is 17.0 Å². The highest BCUT2D eigenvalue weighted by Gasteiger charge is 2.19. The number of carbonyl (C=O) groups is 1. The molecule has 0 saturated heterocycles. The number of nitro benzene ring substituents is 1. The molecule has 0 spiro atoms. The van der Waals surface area contributed by atoms with Crippen molar-refractivity contribution in [2.24, 2.45) is 0 Å². The van der Waals surface area contributed by atoms with E-state index in [0.29, 0.717) is 12.3 Å². The molecule has 0 aliphatic rings. The molecule has 0 aliphatic carbocycles. The summed E-state index contributed by atoms with van der Waals surface area (Å²) < 4.78 is 5.21. The predicted molar refractivity (Wildman–Crippen MR) is 88.1 cm³/mol. The van der Waals surface area contributed by atoms with Crippen molar-refractivity contribution in [3.63, 3.8) is 0 Å². The zero-order valence-corrected chi connectivity index (χ0v) is 13.3. The summed E-state index contributed by atoms with van der Waals surface area (Å²) >= 11 is 0. The first kappa shape index (κ1) is 16.5. The zero-order chi connectivity index (χ0) is 17.0. The molecule has 1 N–H and O–H groups in total. The molecule has 0 aromatic heterocycles. The lowest BCUT2D eigenvalue weighted by molar-refractivity contribution is -0.385. The van der Waals surface area contributed by atoms with Crippen molar-refractivity contribution in [2.75, 3.05) is 11.9 Å². The Hall–Kier alpha value is -2.89. The molecule has 0 aliphatic heterocycles. The van der Waals surface area contributed by atoms with Gasteiger partial charge in [-0.25, -0.2) is 0 Å². The summed E-state index contributed by atoms with van der Waals surface area (Å²) in [7, 11) is 0. The van der Waals surface area contributed by atoms with Gasteiger partial charge in [-0.1, -0.05) is 12.1 Å². The van der Waals surface area contributed by atoms with E-state index >= 15 is 0 Å². The average molecular weight is 314 g/mol. The van der Waals surface area contributed by atoms with Crippen LogP contribution in [-0.4, -0.2) is 17.4 Å². The van der Waals surface area contributed by atoms with E-state index in [1.807, 2.05) is 32.0 Å². The molecule has 0 unspecified atom stereocenters. The van der Waals surface area contributed by atoms with Gasteiger partial charge in [0.1, 0.15) is 0 Å². The minimum atomic E-state index is -0.556. The Morgan fingerprint density at radius 2 is 1.96 bits per heavy atom. The first-order valence-corrected chi connectivity index (χ1v) is 7.22. The van der Waals surface area contributed by atoms with Crippen molar-refractivity contribution in [3.05, 3.63) is 63.2 Å². The van der Waals surface area contributed by atoms with Crippen LogP contribution in [0.3, 0.4) is 0 Å². The Bertz CT molecular complexity index is 756. The first-order chi connectivity index (χ1) is 10.9. The van der Waals surface area contributed by atoms with Crippen LogP contribution < -0.4 is 10.1 Å². The topological polar surface area (TPSA) is 81.5 Å². The van der Waals surface area contributed by atoms with Gasteiger partial charge in [-0.3, -0.25) is 14.9 Å². The van der Waals surface area contributed by atoms with Gasteiger partial charge in [-0.2, -0.15) is 0 Å². The van der Waals surface area contributed by atoms with Gasteiger partial charge in [0.05, 0.1) is 11.5 Å². The Kier molecular flexibility index (Phi) is 4.95. The van der Waals surface area contributed by atoms with Gasteiger partial charge in [0, 0.05) is 17.3 Å². The molecular weight excluding hydrogens is 296 g/mol. The highest BCUT2D eigenvalue weighted by molar-refractivity contribution is 6.05. The lowest BCUT2D eigenvalue weighted by Crippen LogP contribution is -2.13. The van der Waals surface area contributed by atoms with Crippen LogP contribution in [0.25, 0.3) is 0 Å². The van der Waals surface area contributed by atoms with E-state index in [4.69, 9.17) is 4.74 Å². The van der Waals surface area contributed by atoms with E-state index < -0.39 is 10.8 Å². The number of amides is 1. The lowest BCUT2D eigenvalue weighted by atomic mass is 10.1. The summed E-state index contributed by atoms with van der Waals surface area (Å²) in [4.78, 5) is 22.9. The largest absolute Gasteiger partial charge is 0.487 e. The minimum absolute atomic E-state index is 0.154. The summed E-state index contributed by atoms with van der Waals surface area (Å²) in [6.45, 7) is 5.87. The molecule has 120 valence electrons.